The van der Waals surface area contributed by atoms with Crippen LogP contribution in [0.15, 0.2) is 12.4 Å². The van der Waals surface area contributed by atoms with Crippen molar-refractivity contribution in [2.75, 3.05) is 53.0 Å². The number of carbonyl (C=O) groups is 1. The van der Waals surface area contributed by atoms with Crippen molar-refractivity contribution < 1.29 is 9.53 Å². The van der Waals surface area contributed by atoms with E-state index in [4.69, 9.17) is 4.74 Å². The molecular weight excluding hydrogens is 318 g/mol. The Balaban J connectivity index is 1.64. The lowest BCUT2D eigenvalue weighted by Gasteiger charge is -2.42. The molecule has 0 spiro atoms. The van der Waals surface area contributed by atoms with Gasteiger partial charge in [0.05, 0.1) is 18.7 Å². The van der Waals surface area contributed by atoms with Crippen LogP contribution in [0.3, 0.4) is 0 Å². The number of hydrogen-bond acceptors (Lipinski definition) is 5. The normalized spacial score (nSPS) is 27.8. The van der Waals surface area contributed by atoms with Crippen LogP contribution in [-0.2, 0) is 16.6 Å². The minimum Gasteiger partial charge on any atom is -0.383 e. The fourth-order valence-electron chi connectivity index (χ4n) is 4.14. The molecule has 140 valence electrons. The van der Waals surface area contributed by atoms with Crippen molar-refractivity contribution in [3.63, 3.8) is 0 Å². The van der Waals surface area contributed by atoms with Crippen LogP contribution in [-0.4, -0.2) is 84.5 Å². The van der Waals surface area contributed by atoms with Crippen LogP contribution in [0.1, 0.15) is 24.8 Å². The maximum Gasteiger partial charge on any atom is 0.227 e. The van der Waals surface area contributed by atoms with Crippen molar-refractivity contribution in [2.45, 2.75) is 25.3 Å². The quantitative estimate of drug-likeness (QED) is 0.800. The molecule has 0 saturated carbocycles. The minimum atomic E-state index is 0.0206. The van der Waals surface area contributed by atoms with E-state index in [2.05, 4.69) is 27.1 Å². The average Bonchev–Trinajstić information content (AvgIpc) is 3.27. The number of hydrogen-bond donors (Lipinski definition) is 1. The van der Waals surface area contributed by atoms with Gasteiger partial charge in [0.1, 0.15) is 0 Å². The first-order chi connectivity index (χ1) is 12.1. The van der Waals surface area contributed by atoms with Gasteiger partial charge in [0, 0.05) is 71.6 Å². The van der Waals surface area contributed by atoms with E-state index >= 15 is 0 Å². The van der Waals surface area contributed by atoms with E-state index in [0.29, 0.717) is 11.9 Å². The molecule has 0 radical (unpaired) electrons. The second-order valence-electron chi connectivity index (χ2n) is 7.19. The summed E-state index contributed by atoms with van der Waals surface area (Å²) in [5.74, 6) is 0.545. The van der Waals surface area contributed by atoms with Crippen LogP contribution in [0.5, 0.6) is 0 Å². The van der Waals surface area contributed by atoms with Gasteiger partial charge in [0.25, 0.3) is 0 Å². The highest BCUT2D eigenvalue weighted by Crippen LogP contribution is 2.30. The Labute approximate surface area is 150 Å². The van der Waals surface area contributed by atoms with Gasteiger partial charge in [-0.05, 0) is 12.0 Å². The standard InChI is InChI=1S/C18H31N5O2/c1-4-15-13-23(6-5-22(15)7-8-25-3)18(24)17-11-19-10-16(17)14-9-20-21(2)12-14/h9,12,15-17,19H,4-8,10-11,13H2,1-3H3/t15?,16-,17+/m1/s1. The van der Waals surface area contributed by atoms with E-state index in [1.54, 1.807) is 7.11 Å². The van der Waals surface area contributed by atoms with Crippen LogP contribution >= 0.6 is 0 Å². The zero-order valence-electron chi connectivity index (χ0n) is 15.6. The van der Waals surface area contributed by atoms with Crippen LogP contribution in [0.2, 0.25) is 0 Å². The van der Waals surface area contributed by atoms with E-state index in [1.165, 1.54) is 0 Å². The summed E-state index contributed by atoms with van der Waals surface area (Å²) < 4.78 is 7.04. The lowest BCUT2D eigenvalue weighted by atomic mass is 9.89. The molecule has 3 rings (SSSR count). The van der Waals surface area contributed by atoms with Crippen LogP contribution in [0, 0.1) is 5.92 Å². The summed E-state index contributed by atoms with van der Waals surface area (Å²) in [7, 11) is 3.67. The molecule has 2 saturated heterocycles. The predicted octanol–water partition coefficient (Wildman–Crippen LogP) is 0.292. The van der Waals surface area contributed by atoms with Crippen LogP contribution in [0.4, 0.5) is 0 Å². The zero-order chi connectivity index (χ0) is 17.8. The van der Waals surface area contributed by atoms with Gasteiger partial charge in [-0.2, -0.15) is 5.10 Å². The first-order valence-corrected chi connectivity index (χ1v) is 9.35. The second kappa shape index (κ2) is 8.29. The molecule has 0 aliphatic carbocycles. The van der Waals surface area contributed by atoms with Crippen molar-refractivity contribution >= 4 is 5.91 Å². The Bertz CT molecular complexity index is 576. The molecule has 7 heteroatoms. The lowest BCUT2D eigenvalue weighted by molar-refractivity contribution is -0.138. The summed E-state index contributed by atoms with van der Waals surface area (Å²) in [6.45, 7) is 8.09. The van der Waals surface area contributed by atoms with E-state index in [1.807, 2.05) is 24.1 Å². The van der Waals surface area contributed by atoms with E-state index in [9.17, 15) is 4.79 Å². The molecule has 3 heterocycles. The molecule has 1 N–H and O–H groups in total. The number of nitrogens with one attached hydrogen (secondary N) is 1. The van der Waals surface area contributed by atoms with E-state index in [-0.39, 0.29) is 11.8 Å². The monoisotopic (exact) mass is 349 g/mol. The maximum atomic E-state index is 13.2. The molecule has 0 aromatic carbocycles. The number of methoxy groups -OCH3 is 1. The maximum absolute atomic E-state index is 13.2. The van der Waals surface area contributed by atoms with Gasteiger partial charge in [0.15, 0.2) is 0 Å². The summed E-state index contributed by atoms with van der Waals surface area (Å²) >= 11 is 0. The van der Waals surface area contributed by atoms with Crippen molar-refractivity contribution in [1.29, 1.82) is 0 Å². The summed E-state index contributed by atoms with van der Waals surface area (Å²) in [5, 5.41) is 7.68. The number of carbonyl (C=O) groups excluding carboxylic acids is 1. The Kier molecular flexibility index (Phi) is 6.09. The third kappa shape index (κ3) is 4.04. The van der Waals surface area contributed by atoms with Crippen molar-refractivity contribution in [2.24, 2.45) is 13.0 Å². The van der Waals surface area contributed by atoms with Gasteiger partial charge in [-0.3, -0.25) is 14.4 Å². The highest BCUT2D eigenvalue weighted by molar-refractivity contribution is 5.80. The van der Waals surface area contributed by atoms with Gasteiger partial charge >= 0.3 is 0 Å². The molecule has 7 nitrogen and oxygen atoms in total. The zero-order valence-corrected chi connectivity index (χ0v) is 15.6. The third-order valence-corrected chi connectivity index (χ3v) is 5.65. The molecule has 2 fully saturated rings. The molecule has 1 aromatic rings. The molecule has 3 atom stereocenters. The molecule has 0 bridgehead atoms. The topological polar surface area (TPSA) is 62.6 Å². The average molecular weight is 349 g/mol. The number of ether oxygens (including phenoxy) is 1. The smallest absolute Gasteiger partial charge is 0.227 e. The summed E-state index contributed by atoms with van der Waals surface area (Å²) in [6, 6.07) is 0.430. The first-order valence-electron chi connectivity index (χ1n) is 9.35. The van der Waals surface area contributed by atoms with E-state index in [0.717, 1.165) is 57.9 Å². The summed E-state index contributed by atoms with van der Waals surface area (Å²) in [4.78, 5) is 17.7. The van der Waals surface area contributed by atoms with E-state index < -0.39 is 0 Å². The van der Waals surface area contributed by atoms with Crippen molar-refractivity contribution in [3.05, 3.63) is 18.0 Å². The molecule has 2 aliphatic rings. The van der Waals surface area contributed by atoms with Crippen LogP contribution in [0.25, 0.3) is 0 Å². The van der Waals surface area contributed by atoms with Gasteiger partial charge in [-0.15, -0.1) is 0 Å². The molecule has 1 unspecified atom stereocenters. The van der Waals surface area contributed by atoms with Crippen molar-refractivity contribution in [3.8, 4) is 0 Å². The Morgan fingerprint density at radius 2 is 2.24 bits per heavy atom. The van der Waals surface area contributed by atoms with Gasteiger partial charge in [0.2, 0.25) is 5.91 Å². The molecule has 1 amide bonds. The third-order valence-electron chi connectivity index (χ3n) is 5.65. The number of nitrogens with zero attached hydrogens (tertiary/aromatic N) is 4. The van der Waals surface area contributed by atoms with Crippen molar-refractivity contribution in [1.82, 2.24) is 24.9 Å². The Morgan fingerprint density at radius 1 is 1.40 bits per heavy atom. The van der Waals surface area contributed by atoms with Gasteiger partial charge in [-0.1, -0.05) is 6.92 Å². The SMILES string of the molecule is CCC1CN(C(=O)[C@H]2CNC[C@@H]2c2cnn(C)c2)CCN1CCOC. The molecular formula is C18H31N5O2. The Hall–Kier alpha value is -1.44. The fraction of sp³-hybridized carbons (Fsp3) is 0.778. The number of rotatable bonds is 6. The highest BCUT2D eigenvalue weighted by Gasteiger charge is 2.39. The largest absolute Gasteiger partial charge is 0.383 e. The molecule has 2 aliphatic heterocycles. The number of piperazine rings is 1. The first kappa shape index (κ1) is 18.4. The lowest BCUT2D eigenvalue weighted by Crippen LogP contribution is -2.56. The number of aryl methyl sites for hydroxylation is 1. The highest BCUT2D eigenvalue weighted by atomic mass is 16.5. The predicted molar refractivity (Wildman–Crippen MR) is 96.4 cm³/mol. The summed E-state index contributed by atoms with van der Waals surface area (Å²) in [5.41, 5.74) is 1.16. The fourth-order valence-corrected chi connectivity index (χ4v) is 4.14. The Morgan fingerprint density at radius 3 is 2.92 bits per heavy atom. The minimum absolute atomic E-state index is 0.0206. The molecule has 1 aromatic heterocycles. The summed E-state index contributed by atoms with van der Waals surface area (Å²) in [6.07, 6.45) is 4.99. The number of amides is 1. The molecule has 25 heavy (non-hydrogen) atoms. The van der Waals surface area contributed by atoms with Gasteiger partial charge in [-0.25, -0.2) is 0 Å². The second-order valence-corrected chi connectivity index (χ2v) is 7.19. The van der Waals surface area contributed by atoms with Crippen LogP contribution < -0.4 is 5.32 Å². The number of aromatic nitrogens is 2. The van der Waals surface area contributed by atoms with Gasteiger partial charge < -0.3 is 15.0 Å².